The van der Waals surface area contributed by atoms with Gasteiger partial charge in [0.2, 0.25) is 5.95 Å². The molecule has 4 N–H and O–H groups in total. The maximum Gasteiger partial charge on any atom is 0.253 e. The molecule has 32 heavy (non-hydrogen) atoms. The van der Waals surface area contributed by atoms with Crippen LogP contribution in [-0.2, 0) is 6.54 Å². The summed E-state index contributed by atoms with van der Waals surface area (Å²) >= 11 is 12.7. The van der Waals surface area contributed by atoms with E-state index in [9.17, 15) is 4.79 Å². The minimum atomic E-state index is -0.274. The van der Waals surface area contributed by atoms with Crippen molar-refractivity contribution in [3.8, 4) is 0 Å². The highest BCUT2D eigenvalue weighted by atomic mass is 35.5. The third-order valence-electron chi connectivity index (χ3n) is 5.17. The Morgan fingerprint density at radius 2 is 2.00 bits per heavy atom. The molecule has 0 radical (unpaired) electrons. The molecule has 1 aliphatic rings. The molecule has 10 heteroatoms. The smallest absolute Gasteiger partial charge is 0.253 e. The predicted octanol–water partition coefficient (Wildman–Crippen LogP) is 4.17. The van der Waals surface area contributed by atoms with Gasteiger partial charge < -0.3 is 26.2 Å². The van der Waals surface area contributed by atoms with Crippen molar-refractivity contribution in [2.24, 2.45) is 0 Å². The summed E-state index contributed by atoms with van der Waals surface area (Å²) in [5.74, 6) is 0.514. The average molecular weight is 472 g/mol. The van der Waals surface area contributed by atoms with Crippen LogP contribution in [0.3, 0.4) is 0 Å². The van der Waals surface area contributed by atoms with Crippen molar-refractivity contribution >= 4 is 57.9 Å². The van der Waals surface area contributed by atoms with Crippen LogP contribution in [0.1, 0.15) is 15.9 Å². The fourth-order valence-electron chi connectivity index (χ4n) is 3.42. The second-order valence-electron chi connectivity index (χ2n) is 7.24. The van der Waals surface area contributed by atoms with Crippen molar-refractivity contribution in [2.75, 3.05) is 42.7 Å². The molecular weight excluding hydrogens is 449 g/mol. The van der Waals surface area contributed by atoms with Gasteiger partial charge in [0.25, 0.3) is 5.91 Å². The van der Waals surface area contributed by atoms with E-state index in [0.29, 0.717) is 33.1 Å². The van der Waals surface area contributed by atoms with Gasteiger partial charge in [0.15, 0.2) is 5.82 Å². The highest BCUT2D eigenvalue weighted by Gasteiger charge is 2.18. The number of rotatable bonds is 5. The molecule has 8 nitrogen and oxygen atoms in total. The van der Waals surface area contributed by atoms with Gasteiger partial charge in [-0.15, -0.1) is 0 Å². The van der Waals surface area contributed by atoms with Gasteiger partial charge in [0.1, 0.15) is 5.02 Å². The number of benzene rings is 2. The van der Waals surface area contributed by atoms with E-state index in [1.807, 2.05) is 18.0 Å². The standard InChI is InChI=1S/C22H23Cl2N7O/c1-25-21(32)15-4-3-5-16(23)19(15)29-20-17(24)12-28-22(30-20)31(2)14-7-6-13-11-26-8-9-27-18(13)10-14/h3-7,10,12,26-27H,8-9,11H2,1-2H3,(H,25,32)(H,28,29,30). The number of hydrogen-bond acceptors (Lipinski definition) is 7. The first-order valence-corrected chi connectivity index (χ1v) is 10.8. The number of aromatic nitrogens is 2. The van der Waals surface area contributed by atoms with Gasteiger partial charge in [-0.2, -0.15) is 4.98 Å². The van der Waals surface area contributed by atoms with E-state index in [0.717, 1.165) is 31.0 Å². The zero-order valence-corrected chi connectivity index (χ0v) is 19.2. The van der Waals surface area contributed by atoms with E-state index in [1.54, 1.807) is 25.2 Å². The molecule has 0 spiro atoms. The number of fused-ring (bicyclic) bond motifs is 1. The molecule has 0 bridgehead atoms. The van der Waals surface area contributed by atoms with Gasteiger partial charge in [-0.05, 0) is 29.8 Å². The maximum absolute atomic E-state index is 12.3. The van der Waals surface area contributed by atoms with Crippen molar-refractivity contribution < 1.29 is 4.79 Å². The van der Waals surface area contributed by atoms with Crippen LogP contribution in [0.2, 0.25) is 10.0 Å². The van der Waals surface area contributed by atoms with Gasteiger partial charge in [0.05, 0.1) is 22.5 Å². The summed E-state index contributed by atoms with van der Waals surface area (Å²) in [5.41, 5.74) is 4.02. The topological polar surface area (TPSA) is 94.2 Å². The normalized spacial score (nSPS) is 12.9. The Bertz CT molecular complexity index is 1160. The molecule has 0 aliphatic carbocycles. The van der Waals surface area contributed by atoms with Crippen LogP contribution < -0.4 is 26.2 Å². The van der Waals surface area contributed by atoms with Gasteiger partial charge >= 0.3 is 0 Å². The summed E-state index contributed by atoms with van der Waals surface area (Å²) in [6, 6.07) is 11.3. The lowest BCUT2D eigenvalue weighted by atomic mass is 10.1. The number of nitrogens with zero attached hydrogens (tertiary/aromatic N) is 3. The first-order chi connectivity index (χ1) is 15.5. The SMILES string of the molecule is CNC(=O)c1cccc(Cl)c1Nc1nc(N(C)c2ccc3c(c2)NCCNC3)ncc1Cl. The van der Waals surface area contributed by atoms with Gasteiger partial charge in [0, 0.05) is 45.1 Å². The molecule has 2 aromatic carbocycles. The largest absolute Gasteiger partial charge is 0.383 e. The molecule has 166 valence electrons. The molecule has 0 saturated carbocycles. The maximum atomic E-state index is 12.3. The number of carbonyl (C=O) groups excluding carboxylic acids is 1. The highest BCUT2D eigenvalue weighted by molar-refractivity contribution is 6.35. The molecule has 1 aromatic heterocycles. The zero-order chi connectivity index (χ0) is 22.7. The minimum Gasteiger partial charge on any atom is -0.383 e. The Labute approximate surface area is 196 Å². The summed E-state index contributed by atoms with van der Waals surface area (Å²) in [6.07, 6.45) is 1.52. The van der Waals surface area contributed by atoms with Crippen LogP contribution in [0, 0.1) is 0 Å². The highest BCUT2D eigenvalue weighted by Crippen LogP contribution is 2.33. The first-order valence-electron chi connectivity index (χ1n) is 10.1. The molecule has 0 fully saturated rings. The van der Waals surface area contributed by atoms with E-state index in [-0.39, 0.29) is 5.91 Å². The predicted molar refractivity (Wildman–Crippen MR) is 130 cm³/mol. The van der Waals surface area contributed by atoms with E-state index in [2.05, 4.69) is 43.4 Å². The molecular formula is C22H23Cl2N7O. The number of nitrogens with one attached hydrogen (secondary N) is 4. The van der Waals surface area contributed by atoms with E-state index < -0.39 is 0 Å². The summed E-state index contributed by atoms with van der Waals surface area (Å²) in [4.78, 5) is 23.1. The monoisotopic (exact) mass is 471 g/mol. The molecule has 0 atom stereocenters. The second-order valence-corrected chi connectivity index (χ2v) is 8.05. The summed E-state index contributed by atoms with van der Waals surface area (Å²) < 4.78 is 0. The molecule has 4 rings (SSSR count). The molecule has 0 unspecified atom stereocenters. The van der Waals surface area contributed by atoms with Crippen molar-refractivity contribution in [1.82, 2.24) is 20.6 Å². The molecule has 0 saturated heterocycles. The van der Waals surface area contributed by atoms with Crippen LogP contribution >= 0.6 is 23.2 Å². The van der Waals surface area contributed by atoms with Crippen molar-refractivity contribution in [3.05, 3.63) is 63.8 Å². The van der Waals surface area contributed by atoms with Crippen molar-refractivity contribution in [1.29, 1.82) is 0 Å². The number of amides is 1. The zero-order valence-electron chi connectivity index (χ0n) is 17.7. The summed E-state index contributed by atoms with van der Waals surface area (Å²) in [6.45, 7) is 2.59. The Morgan fingerprint density at radius 3 is 2.81 bits per heavy atom. The second kappa shape index (κ2) is 9.60. The quantitative estimate of drug-likeness (QED) is 0.443. The molecule has 1 amide bonds. The van der Waals surface area contributed by atoms with Crippen LogP contribution in [0.15, 0.2) is 42.6 Å². The van der Waals surface area contributed by atoms with Crippen LogP contribution in [-0.4, -0.2) is 43.1 Å². The number of carbonyl (C=O) groups is 1. The third-order valence-corrected chi connectivity index (χ3v) is 5.77. The molecule has 3 aromatic rings. The van der Waals surface area contributed by atoms with Crippen molar-refractivity contribution in [2.45, 2.75) is 6.54 Å². The van der Waals surface area contributed by atoms with Crippen LogP contribution in [0.5, 0.6) is 0 Å². The lowest BCUT2D eigenvalue weighted by molar-refractivity contribution is 0.0964. The minimum absolute atomic E-state index is 0.274. The van der Waals surface area contributed by atoms with Crippen LogP contribution in [0.4, 0.5) is 28.8 Å². The fourth-order valence-corrected chi connectivity index (χ4v) is 3.78. The Kier molecular flexibility index (Phi) is 6.64. The Hall–Kier alpha value is -3.07. The van der Waals surface area contributed by atoms with Crippen molar-refractivity contribution in [3.63, 3.8) is 0 Å². The van der Waals surface area contributed by atoms with Gasteiger partial charge in [-0.3, -0.25) is 4.79 Å². The van der Waals surface area contributed by atoms with Gasteiger partial charge in [-0.1, -0.05) is 35.3 Å². The van der Waals surface area contributed by atoms with E-state index in [1.165, 1.54) is 11.8 Å². The lowest BCUT2D eigenvalue weighted by Gasteiger charge is -2.20. The van der Waals surface area contributed by atoms with Gasteiger partial charge in [-0.25, -0.2) is 4.98 Å². The molecule has 1 aliphatic heterocycles. The molecule has 2 heterocycles. The summed E-state index contributed by atoms with van der Waals surface area (Å²) in [7, 11) is 3.44. The summed E-state index contributed by atoms with van der Waals surface area (Å²) in [5, 5.41) is 13.2. The number of anilines is 5. The average Bonchev–Trinajstić information content (AvgIpc) is 3.05. The van der Waals surface area contributed by atoms with Crippen LogP contribution in [0.25, 0.3) is 0 Å². The Balaban J connectivity index is 1.66. The first kappa shape index (κ1) is 22.1. The van der Waals surface area contributed by atoms with E-state index >= 15 is 0 Å². The fraction of sp³-hybridized carbons (Fsp3) is 0.227. The van der Waals surface area contributed by atoms with E-state index in [4.69, 9.17) is 23.2 Å². The third kappa shape index (κ3) is 4.57. The number of halogens is 2. The number of para-hydroxylation sites is 1. The Morgan fingerprint density at radius 1 is 1.16 bits per heavy atom. The lowest BCUT2D eigenvalue weighted by Crippen LogP contribution is -2.19. The number of hydrogen-bond donors (Lipinski definition) is 4.